The Kier molecular flexibility index (Phi) is 8.36. The minimum absolute atomic E-state index is 0.0686. The summed E-state index contributed by atoms with van der Waals surface area (Å²) in [5.74, 6) is -1.02. The summed E-state index contributed by atoms with van der Waals surface area (Å²) in [5.41, 5.74) is 1.23. The normalized spacial score (nSPS) is 16.5. The van der Waals surface area contributed by atoms with Gasteiger partial charge in [0.05, 0.1) is 11.3 Å². The van der Waals surface area contributed by atoms with Crippen LogP contribution in [0.5, 0.6) is 0 Å². The van der Waals surface area contributed by atoms with E-state index in [9.17, 15) is 14.7 Å². The van der Waals surface area contributed by atoms with E-state index in [1.165, 1.54) is 0 Å². The molecule has 1 amide bonds. The molecule has 1 atom stereocenters. The van der Waals surface area contributed by atoms with Gasteiger partial charge in [-0.3, -0.25) is 0 Å². The lowest BCUT2D eigenvalue weighted by atomic mass is 10.0. The van der Waals surface area contributed by atoms with Gasteiger partial charge in [0.1, 0.15) is 24.2 Å². The lowest BCUT2D eigenvalue weighted by Gasteiger charge is -2.35. The van der Waals surface area contributed by atoms with Crippen LogP contribution in [-0.2, 0) is 16.2 Å². The number of carboxylic acids is 1. The van der Waals surface area contributed by atoms with Gasteiger partial charge in [-0.05, 0) is 45.7 Å². The standard InChI is InChI=1S/C27H39N5O6Si/c1-27(2,3)38-26(35)31-10-7-8-18(15-31)29-22-19-9-11-32(17-36-12-13-39(4,5)6)23(19)28-14-20(22)24-30-21(16-37-24)25(33)34/h9,11,14,16,18H,7-8,10,12-13,15,17H2,1-6H3,(H,28,29)(H,33,34)/t18-/m1/s1. The van der Waals surface area contributed by atoms with Crippen LogP contribution in [0.25, 0.3) is 22.5 Å². The number of piperidine rings is 1. The summed E-state index contributed by atoms with van der Waals surface area (Å²) < 4.78 is 19.0. The molecular weight excluding hydrogens is 518 g/mol. The van der Waals surface area contributed by atoms with Crippen molar-refractivity contribution in [2.45, 2.75) is 77.7 Å². The fraction of sp³-hybridized carbons (Fsp3) is 0.556. The number of pyridine rings is 1. The van der Waals surface area contributed by atoms with Crippen LogP contribution < -0.4 is 5.32 Å². The number of hydrogen-bond acceptors (Lipinski definition) is 8. The molecule has 3 aromatic rings. The van der Waals surface area contributed by atoms with Gasteiger partial charge in [0.25, 0.3) is 0 Å². The number of oxazole rings is 1. The molecule has 0 aliphatic carbocycles. The van der Waals surface area contributed by atoms with Gasteiger partial charge in [0, 0.05) is 51.6 Å². The number of ether oxygens (including phenoxy) is 2. The number of hydrogen-bond donors (Lipinski definition) is 2. The minimum atomic E-state index is -1.20. The van der Waals surface area contributed by atoms with E-state index in [0.717, 1.165) is 41.9 Å². The van der Waals surface area contributed by atoms with Crippen molar-refractivity contribution in [1.29, 1.82) is 0 Å². The molecule has 1 aliphatic rings. The quantitative estimate of drug-likeness (QED) is 0.258. The molecular formula is C27H39N5O6Si. The number of carbonyl (C=O) groups excluding carboxylic acids is 1. The van der Waals surface area contributed by atoms with Crippen molar-refractivity contribution in [3.8, 4) is 11.5 Å². The highest BCUT2D eigenvalue weighted by Gasteiger charge is 2.29. The number of carbonyl (C=O) groups is 2. The van der Waals surface area contributed by atoms with Crippen LogP contribution in [0.2, 0.25) is 25.7 Å². The van der Waals surface area contributed by atoms with Crippen LogP contribution in [0.4, 0.5) is 10.5 Å². The zero-order valence-corrected chi connectivity index (χ0v) is 24.6. The first-order valence-electron chi connectivity index (χ1n) is 13.3. The lowest BCUT2D eigenvalue weighted by molar-refractivity contribution is 0.0206. The highest BCUT2D eigenvalue weighted by Crippen LogP contribution is 2.35. The smallest absolute Gasteiger partial charge is 0.410 e. The van der Waals surface area contributed by atoms with E-state index in [1.807, 2.05) is 37.6 Å². The maximum atomic E-state index is 12.7. The second kappa shape index (κ2) is 11.4. The summed E-state index contributed by atoms with van der Waals surface area (Å²) >= 11 is 0. The molecule has 11 nitrogen and oxygen atoms in total. The molecule has 212 valence electrons. The van der Waals surface area contributed by atoms with Gasteiger partial charge in [0.15, 0.2) is 5.69 Å². The molecule has 0 aromatic carbocycles. The molecule has 2 N–H and O–H groups in total. The SMILES string of the molecule is CC(C)(C)OC(=O)N1CCC[C@@H](Nc2c(-c3nc(C(=O)O)co3)cnc3c2ccn3COCC[Si](C)(C)C)C1. The predicted molar refractivity (Wildman–Crippen MR) is 151 cm³/mol. The van der Waals surface area contributed by atoms with E-state index in [4.69, 9.17) is 13.9 Å². The van der Waals surface area contributed by atoms with E-state index in [1.54, 1.807) is 11.1 Å². The summed E-state index contributed by atoms with van der Waals surface area (Å²) in [4.78, 5) is 34.7. The molecule has 0 spiro atoms. The van der Waals surface area contributed by atoms with E-state index < -0.39 is 19.6 Å². The second-order valence-corrected chi connectivity index (χ2v) is 17.8. The van der Waals surface area contributed by atoms with Crippen LogP contribution in [-0.4, -0.2) is 76.0 Å². The molecule has 12 heteroatoms. The Labute approximate surface area is 229 Å². The summed E-state index contributed by atoms with van der Waals surface area (Å²) in [5, 5.41) is 13.8. The van der Waals surface area contributed by atoms with E-state index in [0.29, 0.717) is 32.0 Å². The zero-order chi connectivity index (χ0) is 28.4. The molecule has 1 fully saturated rings. The van der Waals surface area contributed by atoms with E-state index in [-0.39, 0.29) is 23.7 Å². The maximum Gasteiger partial charge on any atom is 0.410 e. The van der Waals surface area contributed by atoms with Gasteiger partial charge in [-0.25, -0.2) is 19.6 Å². The average molecular weight is 558 g/mol. The van der Waals surface area contributed by atoms with Crippen molar-refractivity contribution in [2.24, 2.45) is 0 Å². The topological polar surface area (TPSA) is 132 Å². The van der Waals surface area contributed by atoms with Gasteiger partial charge < -0.3 is 33.8 Å². The number of nitrogens with zero attached hydrogens (tertiary/aromatic N) is 4. The number of fused-ring (bicyclic) bond motifs is 1. The van der Waals surface area contributed by atoms with Crippen molar-refractivity contribution < 1.29 is 28.6 Å². The summed E-state index contributed by atoms with van der Waals surface area (Å²) in [6.45, 7) is 14.7. The van der Waals surface area contributed by atoms with E-state index >= 15 is 0 Å². The molecule has 4 heterocycles. The molecule has 0 radical (unpaired) electrons. The molecule has 1 aliphatic heterocycles. The minimum Gasteiger partial charge on any atom is -0.476 e. The summed E-state index contributed by atoms with van der Waals surface area (Å²) in [6.07, 6.45) is 5.99. The Morgan fingerprint density at radius 3 is 2.72 bits per heavy atom. The van der Waals surface area contributed by atoms with Crippen molar-refractivity contribution in [2.75, 3.05) is 25.0 Å². The highest BCUT2D eigenvalue weighted by molar-refractivity contribution is 6.76. The summed E-state index contributed by atoms with van der Waals surface area (Å²) in [6, 6.07) is 2.95. The van der Waals surface area contributed by atoms with Gasteiger partial charge >= 0.3 is 12.1 Å². The molecule has 1 saturated heterocycles. The van der Waals surface area contributed by atoms with Crippen LogP contribution in [0.1, 0.15) is 44.1 Å². The second-order valence-electron chi connectivity index (χ2n) is 12.2. The van der Waals surface area contributed by atoms with Crippen molar-refractivity contribution >= 4 is 36.9 Å². The number of likely N-dealkylation sites (tertiary alicyclic amines) is 1. The molecule has 3 aromatic heterocycles. The highest BCUT2D eigenvalue weighted by atomic mass is 28.3. The first kappa shape index (κ1) is 28.6. The van der Waals surface area contributed by atoms with Crippen LogP contribution in [0.3, 0.4) is 0 Å². The number of amides is 1. The lowest BCUT2D eigenvalue weighted by Crippen LogP contribution is -2.47. The molecule has 0 unspecified atom stereocenters. The molecule has 0 bridgehead atoms. The third-order valence-corrected chi connectivity index (χ3v) is 8.09. The first-order chi connectivity index (χ1) is 18.3. The largest absolute Gasteiger partial charge is 0.476 e. The third kappa shape index (κ3) is 7.39. The Morgan fingerprint density at radius 2 is 2.05 bits per heavy atom. The Bertz CT molecular complexity index is 1320. The number of aromatic carboxylic acids is 1. The first-order valence-corrected chi connectivity index (χ1v) is 17.0. The number of anilines is 1. The number of carboxylic acid groups (broad SMARTS) is 1. The maximum absolute atomic E-state index is 12.7. The van der Waals surface area contributed by atoms with Crippen molar-refractivity contribution in [1.82, 2.24) is 19.4 Å². The molecule has 0 saturated carbocycles. The van der Waals surface area contributed by atoms with Gasteiger partial charge in [0.2, 0.25) is 5.89 Å². The molecule has 4 rings (SSSR count). The number of nitrogens with one attached hydrogen (secondary N) is 1. The van der Waals surface area contributed by atoms with E-state index in [2.05, 4.69) is 34.9 Å². The summed E-state index contributed by atoms with van der Waals surface area (Å²) in [7, 11) is -1.20. The van der Waals surface area contributed by atoms with Crippen molar-refractivity contribution in [3.05, 3.63) is 30.4 Å². The third-order valence-electron chi connectivity index (χ3n) is 6.39. The van der Waals surface area contributed by atoms with Gasteiger partial charge in [-0.2, -0.15) is 0 Å². The van der Waals surface area contributed by atoms with Gasteiger partial charge in [-0.1, -0.05) is 19.6 Å². The Hall–Kier alpha value is -3.38. The van der Waals surface area contributed by atoms with Crippen molar-refractivity contribution in [3.63, 3.8) is 0 Å². The molecule has 39 heavy (non-hydrogen) atoms. The van der Waals surface area contributed by atoms with Crippen LogP contribution in [0, 0.1) is 0 Å². The Balaban J connectivity index is 1.62. The fourth-order valence-electron chi connectivity index (χ4n) is 4.39. The van der Waals surface area contributed by atoms with Gasteiger partial charge in [-0.15, -0.1) is 0 Å². The zero-order valence-electron chi connectivity index (χ0n) is 23.6. The average Bonchev–Trinajstić information content (AvgIpc) is 3.49. The van der Waals surface area contributed by atoms with Crippen LogP contribution >= 0.6 is 0 Å². The Morgan fingerprint density at radius 1 is 1.28 bits per heavy atom. The fourth-order valence-corrected chi connectivity index (χ4v) is 5.15. The van der Waals surface area contributed by atoms with Crippen LogP contribution in [0.15, 0.2) is 29.1 Å². The number of aromatic nitrogens is 3. The monoisotopic (exact) mass is 557 g/mol. The number of rotatable bonds is 9. The predicted octanol–water partition coefficient (Wildman–Crippen LogP) is 5.51.